The van der Waals surface area contributed by atoms with E-state index in [1.54, 1.807) is 4.90 Å². The number of hydrogen-bond donors (Lipinski definition) is 2. The highest BCUT2D eigenvalue weighted by molar-refractivity contribution is 5.79. The van der Waals surface area contributed by atoms with Crippen molar-refractivity contribution in [2.24, 2.45) is 0 Å². The Bertz CT molecular complexity index is 548. The lowest BCUT2D eigenvalue weighted by Crippen LogP contribution is -2.49. The number of likely N-dealkylation sites (tertiary alicyclic amines) is 1. The number of aryl methyl sites for hydroxylation is 2. The second-order valence-electron chi connectivity index (χ2n) is 6.77. The first-order valence-corrected chi connectivity index (χ1v) is 8.27. The maximum atomic E-state index is 12.5. The van der Waals surface area contributed by atoms with Gasteiger partial charge in [-0.15, -0.1) is 0 Å². The molecule has 2 fully saturated rings. The Morgan fingerprint density at radius 3 is 2.74 bits per heavy atom. The van der Waals surface area contributed by atoms with Gasteiger partial charge in [0.1, 0.15) is 0 Å². The number of ether oxygens (including phenoxy) is 1. The molecule has 2 aliphatic heterocycles. The maximum Gasteiger partial charge on any atom is 0.227 e. The van der Waals surface area contributed by atoms with Gasteiger partial charge in [0.15, 0.2) is 0 Å². The van der Waals surface area contributed by atoms with Gasteiger partial charge in [-0.3, -0.25) is 14.8 Å². The van der Waals surface area contributed by atoms with E-state index in [2.05, 4.69) is 15.1 Å². The van der Waals surface area contributed by atoms with Crippen LogP contribution in [0.15, 0.2) is 0 Å². The molecule has 128 valence electrons. The smallest absolute Gasteiger partial charge is 0.227 e. The molecule has 3 heterocycles. The number of H-pyrrole nitrogens is 1. The number of carbonyl (C=O) groups excluding carboxylic acids is 1. The van der Waals surface area contributed by atoms with Crippen LogP contribution in [-0.2, 0) is 16.0 Å². The van der Waals surface area contributed by atoms with Crippen LogP contribution in [0, 0.1) is 13.8 Å². The number of rotatable bonds is 4. The Morgan fingerprint density at radius 2 is 2.09 bits per heavy atom. The van der Waals surface area contributed by atoms with Crippen LogP contribution < -0.4 is 0 Å². The summed E-state index contributed by atoms with van der Waals surface area (Å²) in [4.78, 5) is 16.5. The first-order valence-electron chi connectivity index (χ1n) is 8.27. The third-order valence-corrected chi connectivity index (χ3v) is 4.92. The maximum absolute atomic E-state index is 12.5. The molecule has 0 saturated carbocycles. The van der Waals surface area contributed by atoms with Crippen molar-refractivity contribution >= 4 is 5.91 Å². The van der Waals surface area contributed by atoms with Crippen molar-refractivity contribution in [3.8, 4) is 0 Å². The van der Waals surface area contributed by atoms with Gasteiger partial charge in [0, 0.05) is 37.4 Å². The Balaban J connectivity index is 1.57. The fourth-order valence-electron chi connectivity index (χ4n) is 3.47. The van der Waals surface area contributed by atoms with Crippen molar-refractivity contribution in [2.75, 3.05) is 45.9 Å². The molecule has 2 saturated heterocycles. The minimum absolute atomic E-state index is 0.0653. The SMILES string of the molecule is Cc1n[nH]c(C)c1CC(=O)N1CC[C@](O)(CN2CCOCC2)C1. The van der Waals surface area contributed by atoms with Crippen LogP contribution >= 0.6 is 0 Å². The van der Waals surface area contributed by atoms with Gasteiger partial charge >= 0.3 is 0 Å². The van der Waals surface area contributed by atoms with E-state index in [0.717, 1.165) is 43.3 Å². The van der Waals surface area contributed by atoms with Crippen LogP contribution in [0.25, 0.3) is 0 Å². The molecular weight excluding hydrogens is 296 g/mol. The van der Waals surface area contributed by atoms with Crippen LogP contribution in [0.3, 0.4) is 0 Å². The molecule has 0 radical (unpaired) electrons. The molecular formula is C16H26N4O3. The second-order valence-corrected chi connectivity index (χ2v) is 6.77. The van der Waals surface area contributed by atoms with Crippen LogP contribution in [0.5, 0.6) is 0 Å². The van der Waals surface area contributed by atoms with E-state index in [1.807, 2.05) is 13.8 Å². The fourth-order valence-corrected chi connectivity index (χ4v) is 3.47. The number of β-amino-alcohol motifs (C(OH)–C–C–N with tert-alkyl or cyclic N) is 1. The lowest BCUT2D eigenvalue weighted by molar-refractivity contribution is -0.130. The highest BCUT2D eigenvalue weighted by atomic mass is 16.5. The summed E-state index contributed by atoms with van der Waals surface area (Å²) in [5, 5.41) is 17.9. The zero-order chi connectivity index (χ0) is 16.4. The highest BCUT2D eigenvalue weighted by Gasteiger charge is 2.39. The number of hydrogen-bond acceptors (Lipinski definition) is 5. The molecule has 0 bridgehead atoms. The molecule has 1 aromatic heterocycles. The first kappa shape index (κ1) is 16.4. The van der Waals surface area contributed by atoms with Crippen molar-refractivity contribution in [3.05, 3.63) is 17.0 Å². The summed E-state index contributed by atoms with van der Waals surface area (Å²) in [5.41, 5.74) is 1.99. The molecule has 1 amide bonds. The number of aromatic nitrogens is 2. The molecule has 7 heteroatoms. The third-order valence-electron chi connectivity index (χ3n) is 4.92. The summed E-state index contributed by atoms with van der Waals surface area (Å²) in [6, 6.07) is 0. The molecule has 7 nitrogen and oxygen atoms in total. The topological polar surface area (TPSA) is 81.7 Å². The highest BCUT2D eigenvalue weighted by Crippen LogP contribution is 2.24. The quantitative estimate of drug-likeness (QED) is 0.807. The van der Waals surface area contributed by atoms with E-state index in [-0.39, 0.29) is 5.91 Å². The Kier molecular flexibility index (Phi) is 4.70. The number of morpholine rings is 1. The van der Waals surface area contributed by atoms with Crippen LogP contribution in [0.1, 0.15) is 23.4 Å². The summed E-state index contributed by atoms with van der Waals surface area (Å²) in [6.45, 7) is 8.63. The van der Waals surface area contributed by atoms with Crippen molar-refractivity contribution < 1.29 is 14.6 Å². The number of nitrogens with zero attached hydrogens (tertiary/aromatic N) is 3. The minimum atomic E-state index is -0.798. The zero-order valence-corrected chi connectivity index (χ0v) is 14.0. The van der Waals surface area contributed by atoms with E-state index < -0.39 is 5.60 Å². The molecule has 1 aromatic rings. The Morgan fingerprint density at radius 1 is 1.35 bits per heavy atom. The van der Waals surface area contributed by atoms with E-state index in [4.69, 9.17) is 4.74 Å². The van der Waals surface area contributed by atoms with Crippen LogP contribution in [0.4, 0.5) is 0 Å². The predicted octanol–water partition coefficient (Wildman–Crippen LogP) is -0.135. The van der Waals surface area contributed by atoms with E-state index in [0.29, 0.717) is 32.5 Å². The van der Waals surface area contributed by atoms with Gasteiger partial charge in [0.05, 0.1) is 37.5 Å². The molecule has 2 N–H and O–H groups in total. The van der Waals surface area contributed by atoms with Gasteiger partial charge in [0.25, 0.3) is 0 Å². The largest absolute Gasteiger partial charge is 0.387 e. The summed E-state index contributed by atoms with van der Waals surface area (Å²) in [7, 11) is 0. The third kappa shape index (κ3) is 3.73. The van der Waals surface area contributed by atoms with Gasteiger partial charge in [-0.05, 0) is 20.3 Å². The number of aliphatic hydroxyl groups is 1. The first-order chi connectivity index (χ1) is 11.0. The van der Waals surface area contributed by atoms with E-state index in [1.165, 1.54) is 0 Å². The molecule has 0 spiro atoms. The Hall–Kier alpha value is -1.44. The minimum Gasteiger partial charge on any atom is -0.387 e. The summed E-state index contributed by atoms with van der Waals surface area (Å²) in [6.07, 6.45) is 0.987. The Labute approximate surface area is 136 Å². The monoisotopic (exact) mass is 322 g/mol. The molecule has 3 rings (SSSR count). The number of aromatic amines is 1. The number of amides is 1. The van der Waals surface area contributed by atoms with Crippen molar-refractivity contribution in [3.63, 3.8) is 0 Å². The van der Waals surface area contributed by atoms with E-state index in [9.17, 15) is 9.90 Å². The summed E-state index contributed by atoms with van der Waals surface area (Å²) < 4.78 is 5.34. The van der Waals surface area contributed by atoms with Gasteiger partial charge in [-0.25, -0.2) is 0 Å². The van der Waals surface area contributed by atoms with Crippen molar-refractivity contribution in [2.45, 2.75) is 32.3 Å². The van der Waals surface area contributed by atoms with Gasteiger partial charge < -0.3 is 14.7 Å². The lowest BCUT2D eigenvalue weighted by atomic mass is 10.0. The molecule has 2 aliphatic rings. The molecule has 1 atom stereocenters. The van der Waals surface area contributed by atoms with Gasteiger partial charge in [0.2, 0.25) is 5.91 Å². The summed E-state index contributed by atoms with van der Waals surface area (Å²) >= 11 is 0. The van der Waals surface area contributed by atoms with Crippen molar-refractivity contribution in [1.82, 2.24) is 20.0 Å². The van der Waals surface area contributed by atoms with Crippen LogP contribution in [-0.4, -0.2) is 82.5 Å². The van der Waals surface area contributed by atoms with E-state index >= 15 is 0 Å². The fraction of sp³-hybridized carbons (Fsp3) is 0.750. The summed E-state index contributed by atoms with van der Waals surface area (Å²) in [5.74, 6) is 0.0653. The molecule has 0 aliphatic carbocycles. The van der Waals surface area contributed by atoms with Crippen LogP contribution in [0.2, 0.25) is 0 Å². The van der Waals surface area contributed by atoms with Crippen molar-refractivity contribution in [1.29, 1.82) is 0 Å². The van der Waals surface area contributed by atoms with Gasteiger partial charge in [-0.1, -0.05) is 0 Å². The number of carbonyl (C=O) groups is 1. The average molecular weight is 322 g/mol. The lowest BCUT2D eigenvalue weighted by Gasteiger charge is -2.33. The standard InChI is InChI=1S/C16H26N4O3/c1-12-14(13(2)18-17-12)9-15(21)20-4-3-16(22,11-20)10-19-5-7-23-8-6-19/h22H,3-11H2,1-2H3,(H,17,18)/t16-/m0/s1. The molecule has 0 aromatic carbocycles. The normalized spacial score (nSPS) is 26.0. The predicted molar refractivity (Wildman–Crippen MR) is 85.2 cm³/mol. The molecule has 0 unspecified atom stereocenters. The van der Waals surface area contributed by atoms with Gasteiger partial charge in [-0.2, -0.15) is 5.10 Å². The number of nitrogens with one attached hydrogen (secondary N) is 1. The average Bonchev–Trinajstić information content (AvgIpc) is 3.06. The molecule has 23 heavy (non-hydrogen) atoms. The zero-order valence-electron chi connectivity index (χ0n) is 14.0. The second kappa shape index (κ2) is 6.59.